The van der Waals surface area contributed by atoms with Crippen molar-refractivity contribution < 1.29 is 24.2 Å². The molecule has 0 aliphatic carbocycles. The summed E-state index contributed by atoms with van der Waals surface area (Å²) in [5, 5.41) is 14.1. The SMILES string of the molecule is C=CC[C@@H](NC(=O)[C@H](CC(C)C)NC(=O)OCc1ccccc1)C(=O)O. The highest BCUT2D eigenvalue weighted by molar-refractivity contribution is 5.89. The second kappa shape index (κ2) is 10.9. The highest BCUT2D eigenvalue weighted by Crippen LogP contribution is 2.07. The summed E-state index contributed by atoms with van der Waals surface area (Å²) in [7, 11) is 0. The summed E-state index contributed by atoms with van der Waals surface area (Å²) >= 11 is 0. The third-order valence-electron chi connectivity index (χ3n) is 3.55. The summed E-state index contributed by atoms with van der Waals surface area (Å²) in [6.07, 6.45) is 1.13. The lowest BCUT2D eigenvalue weighted by Gasteiger charge is -2.22. The molecule has 0 aliphatic heterocycles. The molecule has 2 atom stereocenters. The average Bonchev–Trinajstić information content (AvgIpc) is 2.59. The molecule has 0 saturated heterocycles. The van der Waals surface area contributed by atoms with E-state index < -0.39 is 30.1 Å². The molecule has 0 unspecified atom stereocenters. The lowest BCUT2D eigenvalue weighted by atomic mass is 10.0. The van der Waals surface area contributed by atoms with Gasteiger partial charge in [-0.1, -0.05) is 50.3 Å². The van der Waals surface area contributed by atoms with Crippen LogP contribution < -0.4 is 10.6 Å². The lowest BCUT2D eigenvalue weighted by Crippen LogP contribution is -2.52. The molecular formula is C19H26N2O5. The molecule has 26 heavy (non-hydrogen) atoms. The van der Waals surface area contributed by atoms with E-state index in [1.165, 1.54) is 6.08 Å². The zero-order chi connectivity index (χ0) is 19.5. The van der Waals surface area contributed by atoms with Crippen molar-refractivity contribution in [1.82, 2.24) is 10.6 Å². The van der Waals surface area contributed by atoms with Crippen molar-refractivity contribution in [3.8, 4) is 0 Å². The fourth-order valence-corrected chi connectivity index (χ4v) is 2.27. The van der Waals surface area contributed by atoms with Gasteiger partial charge < -0.3 is 20.5 Å². The van der Waals surface area contributed by atoms with Crippen LogP contribution in [-0.2, 0) is 20.9 Å². The van der Waals surface area contributed by atoms with Gasteiger partial charge in [-0.25, -0.2) is 9.59 Å². The van der Waals surface area contributed by atoms with Gasteiger partial charge in [-0.3, -0.25) is 4.79 Å². The molecule has 142 valence electrons. The van der Waals surface area contributed by atoms with E-state index >= 15 is 0 Å². The number of hydrogen-bond acceptors (Lipinski definition) is 4. The summed E-state index contributed by atoms with van der Waals surface area (Å²) in [5.41, 5.74) is 0.824. The van der Waals surface area contributed by atoms with Crippen LogP contribution in [0, 0.1) is 5.92 Å². The molecule has 0 aliphatic rings. The van der Waals surface area contributed by atoms with E-state index in [2.05, 4.69) is 17.2 Å². The van der Waals surface area contributed by atoms with E-state index in [0.717, 1.165) is 5.56 Å². The smallest absolute Gasteiger partial charge is 0.408 e. The third-order valence-corrected chi connectivity index (χ3v) is 3.55. The van der Waals surface area contributed by atoms with Gasteiger partial charge in [0.15, 0.2) is 0 Å². The summed E-state index contributed by atoms with van der Waals surface area (Å²) in [6, 6.07) is 7.18. The topological polar surface area (TPSA) is 105 Å². The highest BCUT2D eigenvalue weighted by Gasteiger charge is 2.26. The van der Waals surface area contributed by atoms with Crippen LogP contribution in [0.3, 0.4) is 0 Å². The number of benzene rings is 1. The van der Waals surface area contributed by atoms with Gasteiger partial charge in [0, 0.05) is 0 Å². The maximum atomic E-state index is 12.4. The Labute approximate surface area is 153 Å². The Balaban J connectivity index is 2.66. The molecule has 0 fully saturated rings. The predicted octanol–water partition coefficient (Wildman–Crippen LogP) is 2.47. The number of carbonyl (C=O) groups is 3. The van der Waals surface area contributed by atoms with Crippen molar-refractivity contribution in [2.45, 2.75) is 45.4 Å². The van der Waals surface area contributed by atoms with Crippen molar-refractivity contribution in [2.75, 3.05) is 0 Å². The Morgan fingerprint density at radius 3 is 2.35 bits per heavy atom. The van der Waals surface area contributed by atoms with E-state index in [0.29, 0.717) is 6.42 Å². The number of carbonyl (C=O) groups excluding carboxylic acids is 2. The Bertz CT molecular complexity index is 616. The minimum Gasteiger partial charge on any atom is -0.480 e. The molecule has 0 saturated carbocycles. The molecule has 7 heteroatoms. The normalized spacial score (nSPS) is 12.7. The second-order valence-corrected chi connectivity index (χ2v) is 6.31. The molecule has 1 aromatic carbocycles. The Morgan fingerprint density at radius 2 is 1.81 bits per heavy atom. The molecule has 7 nitrogen and oxygen atoms in total. The third kappa shape index (κ3) is 7.83. The second-order valence-electron chi connectivity index (χ2n) is 6.31. The highest BCUT2D eigenvalue weighted by atomic mass is 16.5. The number of carboxylic acids is 1. The van der Waals surface area contributed by atoms with E-state index in [9.17, 15) is 14.4 Å². The minimum absolute atomic E-state index is 0.0803. The monoisotopic (exact) mass is 362 g/mol. The number of hydrogen-bond donors (Lipinski definition) is 3. The first-order chi connectivity index (χ1) is 12.3. The van der Waals surface area contributed by atoms with Gasteiger partial charge in [0.1, 0.15) is 18.7 Å². The predicted molar refractivity (Wildman–Crippen MR) is 97.4 cm³/mol. The summed E-state index contributed by atoms with van der Waals surface area (Å²) < 4.78 is 5.13. The maximum absolute atomic E-state index is 12.4. The van der Waals surface area contributed by atoms with Crippen molar-refractivity contribution in [3.63, 3.8) is 0 Å². The molecule has 0 heterocycles. The van der Waals surface area contributed by atoms with Crippen molar-refractivity contribution >= 4 is 18.0 Å². The molecule has 1 aromatic rings. The Morgan fingerprint density at radius 1 is 1.15 bits per heavy atom. The van der Waals surface area contributed by atoms with E-state index in [1.807, 2.05) is 44.2 Å². The number of alkyl carbamates (subject to hydrolysis) is 1. The van der Waals surface area contributed by atoms with Gasteiger partial charge >= 0.3 is 12.1 Å². The maximum Gasteiger partial charge on any atom is 0.408 e. The van der Waals surface area contributed by atoms with Crippen LogP contribution in [0.4, 0.5) is 4.79 Å². The van der Waals surface area contributed by atoms with Crippen LogP contribution in [0.25, 0.3) is 0 Å². The number of carboxylic acid groups (broad SMARTS) is 1. The summed E-state index contributed by atoms with van der Waals surface area (Å²) in [6.45, 7) is 7.36. The van der Waals surface area contributed by atoms with Gasteiger partial charge in [-0.15, -0.1) is 6.58 Å². The van der Waals surface area contributed by atoms with Gasteiger partial charge in [-0.2, -0.15) is 0 Å². The number of amides is 2. The average molecular weight is 362 g/mol. The van der Waals surface area contributed by atoms with Gasteiger partial charge in [0.2, 0.25) is 5.91 Å². The largest absolute Gasteiger partial charge is 0.480 e. The van der Waals surface area contributed by atoms with Crippen LogP contribution in [-0.4, -0.2) is 35.2 Å². The van der Waals surface area contributed by atoms with Crippen molar-refractivity contribution in [1.29, 1.82) is 0 Å². The quantitative estimate of drug-likeness (QED) is 0.555. The first kappa shape index (κ1) is 21.2. The molecular weight excluding hydrogens is 336 g/mol. The number of nitrogens with one attached hydrogen (secondary N) is 2. The fourth-order valence-electron chi connectivity index (χ4n) is 2.27. The van der Waals surface area contributed by atoms with Gasteiger partial charge in [-0.05, 0) is 24.3 Å². The number of aliphatic carboxylic acids is 1. The zero-order valence-electron chi connectivity index (χ0n) is 15.1. The van der Waals surface area contributed by atoms with Crippen LogP contribution in [0.5, 0.6) is 0 Å². The van der Waals surface area contributed by atoms with Crippen molar-refractivity contribution in [3.05, 3.63) is 48.6 Å². The molecule has 1 rings (SSSR count). The molecule has 0 spiro atoms. The summed E-state index contributed by atoms with van der Waals surface area (Å²) in [5.74, 6) is -1.61. The summed E-state index contributed by atoms with van der Waals surface area (Å²) in [4.78, 5) is 35.6. The molecule has 2 amide bonds. The van der Waals surface area contributed by atoms with E-state index in [4.69, 9.17) is 9.84 Å². The zero-order valence-corrected chi connectivity index (χ0v) is 15.1. The van der Waals surface area contributed by atoms with Gasteiger partial charge in [0.05, 0.1) is 0 Å². The van der Waals surface area contributed by atoms with Crippen molar-refractivity contribution in [2.24, 2.45) is 5.92 Å². The number of rotatable bonds is 10. The minimum atomic E-state index is -1.16. The van der Waals surface area contributed by atoms with Gasteiger partial charge in [0.25, 0.3) is 0 Å². The fraction of sp³-hybridized carbons (Fsp3) is 0.421. The first-order valence-corrected chi connectivity index (χ1v) is 8.44. The standard InChI is InChI=1S/C19H26N2O5/c1-4-8-15(18(23)24)20-17(22)16(11-13(2)3)21-19(25)26-12-14-9-6-5-7-10-14/h4-7,9-10,13,15-16H,1,8,11-12H2,2-3H3,(H,20,22)(H,21,25)(H,23,24)/t15-,16+/m1/s1. The van der Waals surface area contributed by atoms with Crippen LogP contribution in [0.1, 0.15) is 32.3 Å². The molecule has 0 aromatic heterocycles. The Hall–Kier alpha value is -2.83. The first-order valence-electron chi connectivity index (χ1n) is 8.44. The van der Waals surface area contributed by atoms with Crippen LogP contribution in [0.15, 0.2) is 43.0 Å². The number of ether oxygens (including phenoxy) is 1. The van der Waals surface area contributed by atoms with E-state index in [-0.39, 0.29) is 18.9 Å². The lowest BCUT2D eigenvalue weighted by molar-refractivity contribution is -0.142. The van der Waals surface area contributed by atoms with E-state index in [1.54, 1.807) is 0 Å². The molecule has 3 N–H and O–H groups in total. The molecule has 0 bridgehead atoms. The van der Waals surface area contributed by atoms with Crippen LogP contribution >= 0.6 is 0 Å². The molecule has 0 radical (unpaired) electrons. The van der Waals surface area contributed by atoms with Crippen LogP contribution in [0.2, 0.25) is 0 Å². The Kier molecular flexibility index (Phi) is 8.91.